The van der Waals surface area contributed by atoms with Gasteiger partial charge in [-0.05, 0) is 37.0 Å². The first kappa shape index (κ1) is 14.2. The molecule has 19 heavy (non-hydrogen) atoms. The topological polar surface area (TPSA) is 49.3 Å². The van der Waals surface area contributed by atoms with Crippen LogP contribution in [0.4, 0.5) is 0 Å². The van der Waals surface area contributed by atoms with Crippen LogP contribution in [0.15, 0.2) is 18.2 Å². The average Bonchev–Trinajstić information content (AvgIpc) is 2.55. The number of hydrogen-bond donors (Lipinski definition) is 2. The van der Waals surface area contributed by atoms with Crippen molar-refractivity contribution in [2.45, 2.75) is 45.1 Å². The van der Waals surface area contributed by atoms with Gasteiger partial charge in [-0.3, -0.25) is 4.79 Å². The lowest BCUT2D eigenvalue weighted by Crippen LogP contribution is -2.38. The summed E-state index contributed by atoms with van der Waals surface area (Å²) in [7, 11) is 0. The van der Waals surface area contributed by atoms with Gasteiger partial charge in [-0.25, -0.2) is 0 Å². The fraction of sp³-hybridized carbons (Fsp3) is 0.533. The van der Waals surface area contributed by atoms with Crippen LogP contribution in [0.1, 0.15) is 49.4 Å². The summed E-state index contributed by atoms with van der Waals surface area (Å²) in [6.45, 7) is 2.18. The highest BCUT2D eigenvalue weighted by atomic mass is 35.5. The predicted molar refractivity (Wildman–Crippen MR) is 76.6 cm³/mol. The van der Waals surface area contributed by atoms with E-state index < -0.39 is 0 Å². The van der Waals surface area contributed by atoms with Gasteiger partial charge >= 0.3 is 0 Å². The lowest BCUT2D eigenvalue weighted by Gasteiger charge is -2.23. The highest BCUT2D eigenvalue weighted by Crippen LogP contribution is 2.25. The zero-order valence-electron chi connectivity index (χ0n) is 11.2. The van der Waals surface area contributed by atoms with Gasteiger partial charge in [-0.15, -0.1) is 0 Å². The largest absolute Gasteiger partial charge is 0.507 e. The van der Waals surface area contributed by atoms with Gasteiger partial charge in [-0.2, -0.15) is 0 Å². The molecule has 0 aromatic heterocycles. The van der Waals surface area contributed by atoms with Crippen molar-refractivity contribution in [3.8, 4) is 5.75 Å². The van der Waals surface area contributed by atoms with Crippen LogP contribution in [0.3, 0.4) is 0 Å². The lowest BCUT2D eigenvalue weighted by atomic mass is 9.96. The second kappa shape index (κ2) is 6.29. The smallest absolute Gasteiger partial charge is 0.255 e. The number of phenolic OH excluding ortho intramolecular Hbond substituents is 1. The number of nitrogens with one attached hydrogen (secondary N) is 1. The monoisotopic (exact) mass is 281 g/mol. The van der Waals surface area contributed by atoms with Gasteiger partial charge in [0.15, 0.2) is 0 Å². The van der Waals surface area contributed by atoms with Crippen molar-refractivity contribution in [1.29, 1.82) is 0 Å². The zero-order valence-corrected chi connectivity index (χ0v) is 11.9. The molecule has 0 saturated heterocycles. The molecule has 1 saturated carbocycles. The number of carbonyl (C=O) groups excluding carboxylic acids is 1. The van der Waals surface area contributed by atoms with E-state index in [1.165, 1.54) is 18.9 Å². The summed E-state index contributed by atoms with van der Waals surface area (Å²) in [5.41, 5.74) is 0.292. The summed E-state index contributed by atoms with van der Waals surface area (Å²) in [6, 6.07) is 4.78. The van der Waals surface area contributed by atoms with Crippen LogP contribution in [-0.2, 0) is 0 Å². The molecule has 0 radical (unpaired) electrons. The first-order chi connectivity index (χ1) is 9.08. The van der Waals surface area contributed by atoms with Crippen molar-refractivity contribution in [2.75, 3.05) is 0 Å². The molecule has 0 aliphatic heterocycles. The molecule has 2 N–H and O–H groups in total. The summed E-state index contributed by atoms with van der Waals surface area (Å²) in [6.07, 6.45) is 5.79. The molecule has 0 spiro atoms. The highest BCUT2D eigenvalue weighted by Gasteiger charge is 2.23. The van der Waals surface area contributed by atoms with Gasteiger partial charge in [0.05, 0.1) is 5.56 Å². The first-order valence-corrected chi connectivity index (χ1v) is 7.25. The SMILES string of the molecule is CC1CCCCCC1NC(=O)c1ccc(Cl)cc1O. The molecule has 0 heterocycles. The van der Waals surface area contributed by atoms with Crippen molar-refractivity contribution in [3.63, 3.8) is 0 Å². The van der Waals surface area contributed by atoms with Crippen LogP contribution in [0.2, 0.25) is 5.02 Å². The summed E-state index contributed by atoms with van der Waals surface area (Å²) in [5, 5.41) is 13.2. The average molecular weight is 282 g/mol. The summed E-state index contributed by atoms with van der Waals surface area (Å²) in [5.74, 6) is 0.208. The van der Waals surface area contributed by atoms with E-state index in [0.717, 1.165) is 19.3 Å². The van der Waals surface area contributed by atoms with E-state index in [1.807, 2.05) is 0 Å². The van der Waals surface area contributed by atoms with Gasteiger partial charge in [0.2, 0.25) is 0 Å². The molecule has 1 aromatic rings. The van der Waals surface area contributed by atoms with E-state index in [9.17, 15) is 9.90 Å². The molecule has 1 aromatic carbocycles. The predicted octanol–water partition coefficient (Wildman–Crippen LogP) is 3.74. The molecule has 4 heteroatoms. The number of carbonyl (C=O) groups is 1. The fourth-order valence-electron chi connectivity index (χ4n) is 2.65. The molecule has 1 amide bonds. The summed E-state index contributed by atoms with van der Waals surface area (Å²) < 4.78 is 0. The maximum absolute atomic E-state index is 12.2. The Morgan fingerprint density at radius 2 is 2.05 bits per heavy atom. The fourth-order valence-corrected chi connectivity index (χ4v) is 2.82. The lowest BCUT2D eigenvalue weighted by molar-refractivity contribution is 0.0919. The van der Waals surface area contributed by atoms with E-state index in [0.29, 0.717) is 16.5 Å². The standard InChI is InChI=1S/C15H20ClNO2/c1-10-5-3-2-4-6-13(10)17-15(19)12-8-7-11(16)9-14(12)18/h7-10,13,18H,2-6H2,1H3,(H,17,19). The molecule has 104 valence electrons. The maximum atomic E-state index is 12.2. The molecule has 2 unspecified atom stereocenters. The second-order valence-corrected chi connectivity index (χ2v) is 5.79. The molecule has 3 nitrogen and oxygen atoms in total. The Labute approximate surface area is 119 Å². The van der Waals surface area contributed by atoms with Crippen LogP contribution < -0.4 is 5.32 Å². The number of amides is 1. The van der Waals surface area contributed by atoms with Crippen LogP contribution in [0.5, 0.6) is 5.75 Å². The molecule has 1 aliphatic carbocycles. The molecule has 2 atom stereocenters. The quantitative estimate of drug-likeness (QED) is 0.811. The maximum Gasteiger partial charge on any atom is 0.255 e. The van der Waals surface area contributed by atoms with Crippen molar-refractivity contribution in [2.24, 2.45) is 5.92 Å². The number of hydrogen-bond acceptors (Lipinski definition) is 2. The van der Waals surface area contributed by atoms with Crippen LogP contribution in [0, 0.1) is 5.92 Å². The number of aromatic hydroxyl groups is 1. The molecule has 0 bridgehead atoms. The number of rotatable bonds is 2. The second-order valence-electron chi connectivity index (χ2n) is 5.36. The highest BCUT2D eigenvalue weighted by molar-refractivity contribution is 6.30. The molecule has 1 fully saturated rings. The van der Waals surface area contributed by atoms with Crippen LogP contribution in [-0.4, -0.2) is 17.1 Å². The van der Waals surface area contributed by atoms with E-state index in [-0.39, 0.29) is 17.7 Å². The minimum atomic E-state index is -0.215. The number of halogens is 1. The van der Waals surface area contributed by atoms with Gasteiger partial charge in [0.1, 0.15) is 5.75 Å². The zero-order chi connectivity index (χ0) is 13.8. The van der Waals surface area contributed by atoms with Gasteiger partial charge in [0, 0.05) is 11.1 Å². The third-order valence-electron chi connectivity index (χ3n) is 3.88. The van der Waals surface area contributed by atoms with E-state index in [2.05, 4.69) is 12.2 Å². The van der Waals surface area contributed by atoms with E-state index >= 15 is 0 Å². The Morgan fingerprint density at radius 3 is 2.79 bits per heavy atom. The molecule has 1 aliphatic rings. The summed E-state index contributed by atoms with van der Waals surface area (Å²) >= 11 is 5.77. The van der Waals surface area contributed by atoms with Crippen LogP contribution >= 0.6 is 11.6 Å². The normalized spacial score (nSPS) is 23.7. The van der Waals surface area contributed by atoms with E-state index in [4.69, 9.17) is 11.6 Å². The number of phenols is 1. The Balaban J connectivity index is 2.07. The summed E-state index contributed by atoms with van der Waals surface area (Å²) in [4.78, 5) is 12.2. The number of benzene rings is 1. The Hall–Kier alpha value is -1.22. The van der Waals surface area contributed by atoms with Crippen molar-refractivity contribution >= 4 is 17.5 Å². The first-order valence-electron chi connectivity index (χ1n) is 6.87. The van der Waals surface area contributed by atoms with Gasteiger partial charge in [0.25, 0.3) is 5.91 Å². The van der Waals surface area contributed by atoms with Gasteiger partial charge < -0.3 is 10.4 Å². The Kier molecular flexibility index (Phi) is 4.70. The van der Waals surface area contributed by atoms with E-state index in [1.54, 1.807) is 12.1 Å². The van der Waals surface area contributed by atoms with Crippen molar-refractivity contribution in [1.82, 2.24) is 5.32 Å². The van der Waals surface area contributed by atoms with Crippen molar-refractivity contribution in [3.05, 3.63) is 28.8 Å². The minimum Gasteiger partial charge on any atom is -0.507 e. The minimum absolute atomic E-state index is 0.0636. The molecular formula is C15H20ClNO2. The van der Waals surface area contributed by atoms with Crippen molar-refractivity contribution < 1.29 is 9.90 Å². The Morgan fingerprint density at radius 1 is 1.32 bits per heavy atom. The van der Waals surface area contributed by atoms with Crippen LogP contribution in [0.25, 0.3) is 0 Å². The third-order valence-corrected chi connectivity index (χ3v) is 4.12. The molecular weight excluding hydrogens is 262 g/mol. The third kappa shape index (κ3) is 3.63. The van der Waals surface area contributed by atoms with Gasteiger partial charge in [-0.1, -0.05) is 37.8 Å². The Bertz CT molecular complexity index is 461. The molecule has 2 rings (SSSR count).